The maximum atomic E-state index is 13.0. The summed E-state index contributed by atoms with van der Waals surface area (Å²) in [6.45, 7) is 2.45. The summed E-state index contributed by atoms with van der Waals surface area (Å²) in [6, 6.07) is 9.57. The zero-order chi connectivity index (χ0) is 23.5. The van der Waals surface area contributed by atoms with Crippen molar-refractivity contribution in [3.8, 4) is 34.3 Å². The Hall–Kier alpha value is -3.72. The second kappa shape index (κ2) is 9.41. The molecule has 1 aromatic heterocycles. The van der Waals surface area contributed by atoms with E-state index < -0.39 is 0 Å². The third kappa shape index (κ3) is 4.88. The highest BCUT2D eigenvalue weighted by Crippen LogP contribution is 2.31. The molecule has 3 N–H and O–H groups in total. The van der Waals surface area contributed by atoms with E-state index in [-0.39, 0.29) is 29.3 Å². The number of ether oxygens (including phenoxy) is 1. The molecule has 0 aliphatic carbocycles. The smallest absolute Gasteiger partial charge is 0.329 e. The average Bonchev–Trinajstić information content (AvgIpc) is 3.30. The molecule has 4 rings (SSSR count). The fourth-order valence-electron chi connectivity index (χ4n) is 4.18. The number of benzene rings is 2. The fourth-order valence-corrected chi connectivity index (χ4v) is 4.18. The van der Waals surface area contributed by atoms with Gasteiger partial charge in [-0.1, -0.05) is 6.07 Å². The van der Waals surface area contributed by atoms with Crippen molar-refractivity contribution in [2.75, 3.05) is 27.2 Å². The lowest BCUT2D eigenvalue weighted by Crippen LogP contribution is -2.46. The standard InChI is InChI=1S/C24H28N4O5/c1-26(24(32)28-14-20(25-15-28)19-5-4-18(29)12-22(19)31)17-7-9-27(10-8-17)13-16-3-6-21(30)23(11-16)33-2/h3-6,11-12,14-15,17,29-31H,7-10,13H2,1-2H3. The van der Waals surface area contributed by atoms with Crippen LogP contribution in [0.15, 0.2) is 48.9 Å². The molecule has 1 saturated heterocycles. The maximum Gasteiger partial charge on any atom is 0.329 e. The van der Waals surface area contributed by atoms with E-state index in [9.17, 15) is 20.1 Å². The minimum absolute atomic E-state index is 0.0395. The quantitative estimate of drug-likeness (QED) is 0.545. The number of hydrogen-bond acceptors (Lipinski definition) is 7. The summed E-state index contributed by atoms with van der Waals surface area (Å²) in [5.74, 6) is 0.457. The van der Waals surface area contributed by atoms with E-state index in [1.807, 2.05) is 12.1 Å². The Morgan fingerprint density at radius 1 is 1.12 bits per heavy atom. The van der Waals surface area contributed by atoms with Crippen molar-refractivity contribution in [3.05, 3.63) is 54.5 Å². The summed E-state index contributed by atoms with van der Waals surface area (Å²) in [5.41, 5.74) is 1.96. The largest absolute Gasteiger partial charge is 0.508 e. The van der Waals surface area contributed by atoms with Gasteiger partial charge in [0, 0.05) is 50.6 Å². The molecule has 0 radical (unpaired) electrons. The SMILES string of the molecule is COc1cc(CN2CCC(N(C)C(=O)n3cnc(-c4ccc(O)cc4O)c3)CC2)ccc1O. The Morgan fingerprint density at radius 3 is 2.58 bits per heavy atom. The minimum atomic E-state index is -0.186. The minimum Gasteiger partial charge on any atom is -0.508 e. The van der Waals surface area contributed by atoms with Crippen molar-refractivity contribution < 1.29 is 24.9 Å². The van der Waals surface area contributed by atoms with Crippen LogP contribution in [0.5, 0.6) is 23.0 Å². The van der Waals surface area contributed by atoms with Crippen molar-refractivity contribution in [1.82, 2.24) is 19.4 Å². The van der Waals surface area contributed by atoms with Crippen LogP contribution in [-0.4, -0.2) is 74.0 Å². The number of aromatic nitrogens is 2. The Kier molecular flexibility index (Phi) is 6.41. The number of likely N-dealkylation sites (tertiary alicyclic amines) is 1. The number of amides is 1. The molecule has 0 saturated carbocycles. The first-order valence-electron chi connectivity index (χ1n) is 10.8. The molecule has 0 atom stereocenters. The number of piperidine rings is 1. The highest BCUT2D eigenvalue weighted by Gasteiger charge is 2.26. The molecular weight excluding hydrogens is 424 g/mol. The molecule has 33 heavy (non-hydrogen) atoms. The fraction of sp³-hybridized carbons (Fsp3) is 0.333. The Balaban J connectivity index is 1.35. The molecule has 2 aromatic carbocycles. The molecule has 2 heterocycles. The molecule has 3 aromatic rings. The molecule has 1 amide bonds. The summed E-state index contributed by atoms with van der Waals surface area (Å²) in [6.07, 6.45) is 4.71. The number of nitrogens with zero attached hydrogens (tertiary/aromatic N) is 4. The van der Waals surface area contributed by atoms with Crippen LogP contribution >= 0.6 is 0 Å². The number of rotatable bonds is 5. The number of aromatic hydroxyl groups is 3. The number of methoxy groups -OCH3 is 1. The second-order valence-electron chi connectivity index (χ2n) is 8.27. The van der Waals surface area contributed by atoms with Crippen molar-refractivity contribution in [2.24, 2.45) is 0 Å². The van der Waals surface area contributed by atoms with Gasteiger partial charge in [-0.3, -0.25) is 9.47 Å². The van der Waals surface area contributed by atoms with Crippen LogP contribution in [0.25, 0.3) is 11.3 Å². The van der Waals surface area contributed by atoms with Crippen LogP contribution in [0.3, 0.4) is 0 Å². The normalized spacial score (nSPS) is 14.8. The van der Waals surface area contributed by atoms with Gasteiger partial charge in [0.15, 0.2) is 11.5 Å². The zero-order valence-electron chi connectivity index (χ0n) is 18.7. The van der Waals surface area contributed by atoms with Crippen molar-refractivity contribution >= 4 is 6.03 Å². The van der Waals surface area contributed by atoms with Gasteiger partial charge >= 0.3 is 6.03 Å². The van der Waals surface area contributed by atoms with Crippen molar-refractivity contribution in [3.63, 3.8) is 0 Å². The third-order valence-corrected chi connectivity index (χ3v) is 6.12. The highest BCUT2D eigenvalue weighted by atomic mass is 16.5. The molecule has 0 bridgehead atoms. The first-order valence-corrected chi connectivity index (χ1v) is 10.8. The number of imidazole rings is 1. The van der Waals surface area contributed by atoms with Gasteiger partial charge in [-0.05, 0) is 42.7 Å². The number of phenolic OH excluding ortho intramolecular Hbond substituents is 3. The summed E-state index contributed by atoms with van der Waals surface area (Å²) in [5, 5.41) is 29.3. The third-order valence-electron chi connectivity index (χ3n) is 6.12. The van der Waals surface area contributed by atoms with Gasteiger partial charge in [-0.15, -0.1) is 0 Å². The predicted molar refractivity (Wildman–Crippen MR) is 123 cm³/mol. The van der Waals surface area contributed by atoms with Crippen molar-refractivity contribution in [2.45, 2.75) is 25.4 Å². The van der Waals surface area contributed by atoms with Crippen molar-refractivity contribution in [1.29, 1.82) is 0 Å². The van der Waals surface area contributed by atoms with Gasteiger partial charge in [-0.25, -0.2) is 9.78 Å². The molecule has 1 aliphatic rings. The number of hydrogen-bond donors (Lipinski definition) is 3. The first kappa shape index (κ1) is 22.5. The van der Waals surface area contributed by atoms with Gasteiger partial charge in [0.1, 0.15) is 17.8 Å². The molecule has 174 valence electrons. The zero-order valence-corrected chi connectivity index (χ0v) is 18.7. The van der Waals surface area contributed by atoms with Gasteiger partial charge in [0.05, 0.1) is 12.8 Å². The van der Waals surface area contributed by atoms with E-state index in [1.165, 1.54) is 30.1 Å². The molecule has 9 nitrogen and oxygen atoms in total. The van der Waals surface area contributed by atoms with E-state index in [2.05, 4.69) is 9.88 Å². The number of phenols is 3. The lowest BCUT2D eigenvalue weighted by molar-refractivity contribution is 0.132. The predicted octanol–water partition coefficient (Wildman–Crippen LogP) is 3.24. The average molecular weight is 453 g/mol. The molecule has 0 unspecified atom stereocenters. The lowest BCUT2D eigenvalue weighted by atomic mass is 10.0. The molecule has 9 heteroatoms. The Bertz CT molecular complexity index is 1140. The monoisotopic (exact) mass is 452 g/mol. The Labute approximate surface area is 192 Å². The van der Waals surface area contributed by atoms with Crippen LogP contribution in [0.2, 0.25) is 0 Å². The summed E-state index contributed by atoms with van der Waals surface area (Å²) >= 11 is 0. The lowest BCUT2D eigenvalue weighted by Gasteiger charge is -2.36. The van der Waals surface area contributed by atoms with Gasteiger partial charge in [0.25, 0.3) is 0 Å². The topological polar surface area (TPSA) is 111 Å². The molecule has 0 spiro atoms. The molecular formula is C24H28N4O5. The van der Waals surface area contributed by atoms with Crippen LogP contribution in [0.1, 0.15) is 18.4 Å². The molecule has 1 aliphatic heterocycles. The summed E-state index contributed by atoms with van der Waals surface area (Å²) in [7, 11) is 3.33. The summed E-state index contributed by atoms with van der Waals surface area (Å²) in [4.78, 5) is 21.3. The van der Waals surface area contributed by atoms with E-state index >= 15 is 0 Å². The Morgan fingerprint density at radius 2 is 1.88 bits per heavy atom. The highest BCUT2D eigenvalue weighted by molar-refractivity contribution is 5.79. The van der Waals surface area contributed by atoms with Crippen LogP contribution in [0, 0.1) is 0 Å². The van der Waals surface area contributed by atoms with Gasteiger partial charge < -0.3 is 25.0 Å². The van der Waals surface area contributed by atoms with E-state index in [4.69, 9.17) is 4.74 Å². The maximum absolute atomic E-state index is 13.0. The number of carbonyl (C=O) groups excluding carboxylic acids is 1. The van der Waals surface area contributed by atoms with E-state index in [0.29, 0.717) is 17.0 Å². The van der Waals surface area contributed by atoms with E-state index in [0.717, 1.165) is 38.0 Å². The van der Waals surface area contributed by atoms with Crippen LogP contribution in [0.4, 0.5) is 4.79 Å². The number of carbonyl (C=O) groups is 1. The second-order valence-corrected chi connectivity index (χ2v) is 8.27. The first-order chi connectivity index (χ1) is 15.9. The van der Waals surface area contributed by atoms with E-state index in [1.54, 1.807) is 30.3 Å². The van der Waals surface area contributed by atoms with Gasteiger partial charge in [-0.2, -0.15) is 0 Å². The van der Waals surface area contributed by atoms with Crippen LogP contribution in [-0.2, 0) is 6.54 Å². The van der Waals surface area contributed by atoms with Gasteiger partial charge in [0.2, 0.25) is 0 Å². The molecule has 1 fully saturated rings. The van der Waals surface area contributed by atoms with Crippen LogP contribution < -0.4 is 4.74 Å². The summed E-state index contributed by atoms with van der Waals surface area (Å²) < 4.78 is 6.60.